The molecule has 0 unspecified atom stereocenters. The van der Waals surface area contributed by atoms with Gasteiger partial charge in [-0.2, -0.15) is 5.26 Å². The van der Waals surface area contributed by atoms with Crippen LogP contribution in [0.25, 0.3) is 27.1 Å². The quantitative estimate of drug-likeness (QED) is 0.598. The molecule has 3 aromatic rings. The SMILES string of the molecule is [C-]#[N+]c1c(N2CCC(N)CC2)ncc(-c2ccc(OC)cc2)c1-c1ccc(C#N)c(F)c1. The molecule has 2 aromatic carbocycles. The van der Waals surface area contributed by atoms with Gasteiger partial charge in [-0.1, -0.05) is 18.2 Å². The number of methoxy groups -OCH3 is 1. The first-order valence-electron chi connectivity index (χ1n) is 10.3. The molecule has 1 saturated heterocycles. The number of halogens is 1. The van der Waals surface area contributed by atoms with Crippen molar-refractivity contribution in [3.8, 4) is 34.1 Å². The number of nitrogens with zero attached hydrogens (tertiary/aromatic N) is 4. The van der Waals surface area contributed by atoms with E-state index in [9.17, 15) is 4.39 Å². The van der Waals surface area contributed by atoms with Gasteiger partial charge in [0.2, 0.25) is 5.69 Å². The van der Waals surface area contributed by atoms with Crippen molar-refractivity contribution < 1.29 is 9.13 Å². The third-order valence-electron chi connectivity index (χ3n) is 5.76. The molecule has 0 bridgehead atoms. The van der Waals surface area contributed by atoms with Gasteiger partial charge in [-0.25, -0.2) is 9.24 Å². The Hall–Kier alpha value is -3.94. The number of anilines is 1. The number of nitriles is 1. The van der Waals surface area contributed by atoms with E-state index in [4.69, 9.17) is 22.3 Å². The zero-order chi connectivity index (χ0) is 22.7. The van der Waals surface area contributed by atoms with Gasteiger partial charge in [0.25, 0.3) is 0 Å². The summed E-state index contributed by atoms with van der Waals surface area (Å²) in [4.78, 5) is 10.6. The van der Waals surface area contributed by atoms with E-state index in [1.165, 1.54) is 12.1 Å². The maximum Gasteiger partial charge on any atom is 0.236 e. The average molecular weight is 427 g/mol. The van der Waals surface area contributed by atoms with Gasteiger partial charge >= 0.3 is 0 Å². The summed E-state index contributed by atoms with van der Waals surface area (Å²) in [6, 6.07) is 13.8. The topological polar surface area (TPSA) is 79.5 Å². The molecule has 0 aliphatic carbocycles. The smallest absolute Gasteiger partial charge is 0.236 e. The second-order valence-electron chi connectivity index (χ2n) is 7.69. The van der Waals surface area contributed by atoms with Crippen LogP contribution >= 0.6 is 0 Å². The molecule has 0 saturated carbocycles. The molecule has 0 amide bonds. The minimum Gasteiger partial charge on any atom is -0.497 e. The Labute approximate surface area is 186 Å². The Morgan fingerprint density at radius 2 is 1.88 bits per heavy atom. The molecule has 2 heterocycles. The molecule has 6 nitrogen and oxygen atoms in total. The molecule has 2 N–H and O–H groups in total. The molecule has 4 rings (SSSR count). The van der Waals surface area contributed by atoms with Crippen LogP contribution in [-0.2, 0) is 0 Å². The minimum atomic E-state index is -0.621. The number of pyridine rings is 1. The number of piperidine rings is 1. The van der Waals surface area contributed by atoms with Crippen molar-refractivity contribution in [2.45, 2.75) is 18.9 Å². The fraction of sp³-hybridized carbons (Fsp3) is 0.240. The third-order valence-corrected chi connectivity index (χ3v) is 5.76. The zero-order valence-corrected chi connectivity index (χ0v) is 17.7. The van der Waals surface area contributed by atoms with Crippen LogP contribution in [0.1, 0.15) is 18.4 Å². The molecule has 0 radical (unpaired) electrons. The standard InChI is InChI=1S/C25H22FN5O/c1-29-24-23(17-3-4-18(14-27)22(26)13-17)21(16-5-7-20(32-2)8-6-16)15-30-25(24)31-11-9-19(28)10-12-31/h3-8,13,15,19H,9-12,28H2,2H3. The zero-order valence-electron chi connectivity index (χ0n) is 17.7. The van der Waals surface area contributed by atoms with Gasteiger partial charge in [-0.05, 0) is 53.8 Å². The van der Waals surface area contributed by atoms with Gasteiger partial charge in [0.05, 0.1) is 19.2 Å². The normalized spacial score (nSPS) is 14.0. The largest absolute Gasteiger partial charge is 0.497 e. The van der Waals surface area contributed by atoms with Crippen LogP contribution in [0.2, 0.25) is 0 Å². The maximum atomic E-state index is 14.5. The molecule has 7 heteroatoms. The van der Waals surface area contributed by atoms with Crippen molar-refractivity contribution in [3.05, 3.63) is 71.5 Å². The number of rotatable bonds is 4. The number of ether oxygens (including phenoxy) is 1. The molecule has 1 aromatic heterocycles. The van der Waals surface area contributed by atoms with Crippen molar-refractivity contribution in [2.75, 3.05) is 25.1 Å². The molecular weight excluding hydrogens is 405 g/mol. The molecule has 1 fully saturated rings. The number of hydrogen-bond acceptors (Lipinski definition) is 5. The summed E-state index contributed by atoms with van der Waals surface area (Å²) >= 11 is 0. The summed E-state index contributed by atoms with van der Waals surface area (Å²) in [5, 5.41) is 9.12. The molecular formula is C25H22FN5O. The predicted octanol–water partition coefficient (Wildman–Crippen LogP) is 4.91. The Morgan fingerprint density at radius 3 is 2.47 bits per heavy atom. The summed E-state index contributed by atoms with van der Waals surface area (Å²) in [6.07, 6.45) is 3.37. The molecule has 1 aliphatic heterocycles. The third kappa shape index (κ3) is 3.99. The summed E-state index contributed by atoms with van der Waals surface area (Å²) in [7, 11) is 1.60. The van der Waals surface area contributed by atoms with Gasteiger partial charge in [-0.15, -0.1) is 0 Å². The fourth-order valence-electron chi connectivity index (χ4n) is 3.98. The number of hydrogen-bond donors (Lipinski definition) is 1. The van der Waals surface area contributed by atoms with Crippen LogP contribution in [0.3, 0.4) is 0 Å². The van der Waals surface area contributed by atoms with E-state index in [0.717, 1.165) is 18.4 Å². The van der Waals surface area contributed by atoms with Crippen LogP contribution in [0, 0.1) is 23.7 Å². The van der Waals surface area contributed by atoms with Gasteiger partial charge in [0, 0.05) is 30.9 Å². The fourth-order valence-corrected chi connectivity index (χ4v) is 3.98. The summed E-state index contributed by atoms with van der Waals surface area (Å²) in [6.45, 7) is 9.37. The van der Waals surface area contributed by atoms with Crippen LogP contribution in [0.5, 0.6) is 5.75 Å². The Morgan fingerprint density at radius 1 is 1.19 bits per heavy atom. The van der Waals surface area contributed by atoms with Crippen LogP contribution in [0.15, 0.2) is 48.7 Å². The highest BCUT2D eigenvalue weighted by molar-refractivity contribution is 5.96. The highest BCUT2D eigenvalue weighted by Gasteiger charge is 2.25. The van der Waals surface area contributed by atoms with Crippen molar-refractivity contribution in [1.82, 2.24) is 4.98 Å². The predicted molar refractivity (Wildman–Crippen MR) is 122 cm³/mol. The molecule has 0 spiro atoms. The van der Waals surface area contributed by atoms with E-state index in [2.05, 4.69) is 14.7 Å². The van der Waals surface area contributed by atoms with E-state index < -0.39 is 5.82 Å². The lowest BCUT2D eigenvalue weighted by Crippen LogP contribution is -2.40. The van der Waals surface area contributed by atoms with Crippen molar-refractivity contribution in [3.63, 3.8) is 0 Å². The number of benzene rings is 2. The van der Waals surface area contributed by atoms with E-state index >= 15 is 0 Å². The van der Waals surface area contributed by atoms with E-state index in [1.54, 1.807) is 19.4 Å². The second-order valence-corrected chi connectivity index (χ2v) is 7.69. The van der Waals surface area contributed by atoms with E-state index in [0.29, 0.717) is 47.0 Å². The molecule has 1 aliphatic rings. The minimum absolute atomic E-state index is 0.0385. The van der Waals surface area contributed by atoms with Gasteiger partial charge in [0.1, 0.15) is 23.5 Å². The summed E-state index contributed by atoms with van der Waals surface area (Å²) < 4.78 is 19.8. The molecule has 0 atom stereocenters. The first-order valence-corrected chi connectivity index (χ1v) is 10.3. The van der Waals surface area contributed by atoms with Crippen molar-refractivity contribution in [1.29, 1.82) is 5.26 Å². The van der Waals surface area contributed by atoms with Crippen molar-refractivity contribution in [2.24, 2.45) is 5.73 Å². The lowest BCUT2D eigenvalue weighted by molar-refractivity contribution is 0.415. The number of aromatic nitrogens is 1. The Bertz CT molecular complexity index is 1220. The Kier molecular flexibility index (Phi) is 6.02. The number of nitrogens with two attached hydrogens (primary N) is 1. The second kappa shape index (κ2) is 9.05. The highest BCUT2D eigenvalue weighted by atomic mass is 19.1. The lowest BCUT2D eigenvalue weighted by atomic mass is 9.93. The summed E-state index contributed by atoms with van der Waals surface area (Å²) in [5.41, 5.74) is 9.02. The van der Waals surface area contributed by atoms with Gasteiger partial charge in [-0.3, -0.25) is 4.98 Å². The van der Waals surface area contributed by atoms with Gasteiger partial charge < -0.3 is 15.4 Å². The van der Waals surface area contributed by atoms with Crippen molar-refractivity contribution >= 4 is 11.5 Å². The molecule has 32 heavy (non-hydrogen) atoms. The average Bonchev–Trinajstić information content (AvgIpc) is 2.83. The van der Waals surface area contributed by atoms with Gasteiger partial charge in [0.15, 0.2) is 0 Å². The molecule has 160 valence electrons. The van der Waals surface area contributed by atoms with E-state index in [-0.39, 0.29) is 11.6 Å². The lowest BCUT2D eigenvalue weighted by Gasteiger charge is -2.32. The first-order chi connectivity index (χ1) is 15.5. The monoisotopic (exact) mass is 427 g/mol. The Balaban J connectivity index is 1.93. The highest BCUT2D eigenvalue weighted by Crippen LogP contribution is 2.44. The van der Waals surface area contributed by atoms with Crippen LogP contribution in [-0.4, -0.2) is 31.2 Å². The van der Waals surface area contributed by atoms with Crippen LogP contribution < -0.4 is 15.4 Å². The maximum absolute atomic E-state index is 14.5. The summed E-state index contributed by atoms with van der Waals surface area (Å²) in [5.74, 6) is 0.659. The van der Waals surface area contributed by atoms with E-state index in [1.807, 2.05) is 30.3 Å². The van der Waals surface area contributed by atoms with Crippen LogP contribution in [0.4, 0.5) is 15.9 Å². The first kappa shape index (κ1) is 21.3.